The third kappa shape index (κ3) is 10.6. The molecule has 5 N–H and O–H groups in total. The third-order valence-electron chi connectivity index (χ3n) is 4.41. The topological polar surface area (TPSA) is 181 Å². The number of hydrogen-bond acceptors (Lipinski definition) is 10. The van der Waals surface area contributed by atoms with E-state index < -0.39 is 36.4 Å². The summed E-state index contributed by atoms with van der Waals surface area (Å²) in [6.45, 7) is 6.18. The minimum absolute atomic E-state index is 0.350. The Hall–Kier alpha value is -2.58. The molecule has 188 valence electrons. The number of carboxylic acid groups (broad SMARTS) is 3. The summed E-state index contributed by atoms with van der Waals surface area (Å²) in [5, 5.41) is 46.4. The molecule has 0 spiro atoms. The number of aliphatic carboxylic acids is 3. The zero-order chi connectivity index (χ0) is 25.9. The maximum Gasteiger partial charge on any atom is 0.336 e. The monoisotopic (exact) mass is 515 g/mol. The third-order valence-corrected chi connectivity index (χ3v) is 6.00. The van der Waals surface area contributed by atoms with Crippen LogP contribution in [-0.4, -0.2) is 82.8 Å². The van der Waals surface area contributed by atoms with E-state index in [1.54, 1.807) is 11.3 Å². The summed E-state index contributed by atoms with van der Waals surface area (Å²) in [5.74, 6) is -5.02. The molecule has 1 unspecified atom stereocenters. The molecule has 0 fully saturated rings. The van der Waals surface area contributed by atoms with Gasteiger partial charge in [0.2, 0.25) is 0 Å². The first kappa shape index (κ1) is 29.5. The first-order valence-electron chi connectivity index (χ1n) is 10.0. The number of aryl methyl sites for hydroxylation is 1. The fourth-order valence-electron chi connectivity index (χ4n) is 2.83. The highest BCUT2D eigenvalue weighted by molar-refractivity contribution is 7.98. The largest absolute Gasteiger partial charge is 0.481 e. The van der Waals surface area contributed by atoms with Crippen molar-refractivity contribution in [2.24, 2.45) is 0 Å². The van der Waals surface area contributed by atoms with E-state index >= 15 is 0 Å². The van der Waals surface area contributed by atoms with Gasteiger partial charge in [-0.15, -0.1) is 11.3 Å². The van der Waals surface area contributed by atoms with Crippen molar-refractivity contribution >= 4 is 41.0 Å². The van der Waals surface area contributed by atoms with Crippen LogP contribution in [0.2, 0.25) is 0 Å². The van der Waals surface area contributed by atoms with E-state index in [-0.39, 0.29) is 6.10 Å². The Balaban J connectivity index is 0.000000385. The van der Waals surface area contributed by atoms with E-state index in [1.165, 1.54) is 22.2 Å². The Morgan fingerprint density at radius 1 is 1.12 bits per heavy atom. The average molecular weight is 516 g/mol. The van der Waals surface area contributed by atoms with Gasteiger partial charge in [0.05, 0.1) is 18.9 Å². The van der Waals surface area contributed by atoms with Crippen molar-refractivity contribution in [3.05, 3.63) is 39.8 Å². The number of thiophene rings is 1. The molecule has 0 saturated heterocycles. The van der Waals surface area contributed by atoms with Gasteiger partial charge in [-0.05, 0) is 37.1 Å². The molecule has 0 aliphatic heterocycles. The van der Waals surface area contributed by atoms with Crippen molar-refractivity contribution < 1.29 is 39.9 Å². The van der Waals surface area contributed by atoms with Crippen LogP contribution in [0.3, 0.4) is 0 Å². The first-order valence-corrected chi connectivity index (χ1v) is 12.1. The highest BCUT2D eigenvalue weighted by atomic mass is 32.2. The van der Waals surface area contributed by atoms with Gasteiger partial charge in [0.1, 0.15) is 0 Å². The highest BCUT2D eigenvalue weighted by Crippen LogP contribution is 2.19. The molecule has 1 atom stereocenters. The second-order valence-electron chi connectivity index (χ2n) is 7.60. The molecule has 0 aliphatic rings. The normalized spacial score (nSPS) is 12.1. The minimum atomic E-state index is -2.74. The Kier molecular flexibility index (Phi) is 12.1. The van der Waals surface area contributed by atoms with Gasteiger partial charge in [-0.25, -0.2) is 14.8 Å². The van der Waals surface area contributed by atoms with Gasteiger partial charge in [-0.3, -0.25) is 14.5 Å². The molecule has 2 aromatic rings. The molecule has 13 heteroatoms. The summed E-state index contributed by atoms with van der Waals surface area (Å²) in [7, 11) is 0. The smallest absolute Gasteiger partial charge is 0.336 e. The van der Waals surface area contributed by atoms with Crippen molar-refractivity contribution in [2.75, 3.05) is 12.8 Å². The Morgan fingerprint density at radius 2 is 1.68 bits per heavy atom. The molecule has 0 aromatic carbocycles. The standard InChI is InChI=1S/C15H21N3OS2.C6H8O7/c1-11-4-5-21-14(11)10-18(8-12(2)19)9-13-6-16-15(20-3)17-7-13;7-3(8)1-6(13,5(11)12)2-4(9)10/h4-7,12,19H,8-10H2,1-3H3;13H,1-2H2,(H,7,8)(H,9,10)(H,11,12). The number of aliphatic hydroxyl groups is 2. The highest BCUT2D eigenvalue weighted by Gasteiger charge is 2.40. The number of aliphatic hydroxyl groups excluding tert-OH is 1. The number of carbonyl (C=O) groups is 3. The maximum atomic E-state index is 10.3. The molecule has 34 heavy (non-hydrogen) atoms. The van der Waals surface area contributed by atoms with E-state index in [0.29, 0.717) is 6.54 Å². The van der Waals surface area contributed by atoms with Crippen LogP contribution in [0.4, 0.5) is 0 Å². The number of hydrogen-bond donors (Lipinski definition) is 5. The molecule has 2 rings (SSSR count). The van der Waals surface area contributed by atoms with Crippen LogP contribution in [0.25, 0.3) is 0 Å². The molecule has 0 radical (unpaired) electrons. The van der Waals surface area contributed by atoms with Crippen LogP contribution in [0.1, 0.15) is 35.8 Å². The molecule has 2 aromatic heterocycles. The summed E-state index contributed by atoms with van der Waals surface area (Å²) in [4.78, 5) is 42.7. The summed E-state index contributed by atoms with van der Waals surface area (Å²) in [6, 6.07) is 2.14. The summed E-state index contributed by atoms with van der Waals surface area (Å²) >= 11 is 3.30. The van der Waals surface area contributed by atoms with Gasteiger partial charge in [0.25, 0.3) is 0 Å². The second kappa shape index (κ2) is 14.0. The number of rotatable bonds is 12. The van der Waals surface area contributed by atoms with Gasteiger partial charge in [0, 0.05) is 42.5 Å². The Labute approximate surface area is 205 Å². The molecule has 0 bridgehead atoms. The summed E-state index contributed by atoms with van der Waals surface area (Å²) in [5.41, 5.74) is -0.357. The van der Waals surface area contributed by atoms with E-state index in [1.807, 2.05) is 25.6 Å². The molecule has 2 heterocycles. The van der Waals surface area contributed by atoms with Gasteiger partial charge in [-0.2, -0.15) is 0 Å². The number of nitrogens with zero attached hydrogens (tertiary/aromatic N) is 3. The van der Waals surface area contributed by atoms with E-state index in [0.717, 1.165) is 23.8 Å². The number of thioether (sulfide) groups is 1. The molecule has 11 nitrogen and oxygen atoms in total. The van der Waals surface area contributed by atoms with Gasteiger partial charge < -0.3 is 25.5 Å². The minimum Gasteiger partial charge on any atom is -0.481 e. The fraction of sp³-hybridized carbons (Fsp3) is 0.476. The molecular weight excluding hydrogens is 486 g/mol. The van der Waals surface area contributed by atoms with Crippen LogP contribution < -0.4 is 0 Å². The maximum absolute atomic E-state index is 10.3. The van der Waals surface area contributed by atoms with E-state index in [9.17, 15) is 19.5 Å². The molecular formula is C21H29N3O8S2. The summed E-state index contributed by atoms with van der Waals surface area (Å²) < 4.78 is 0. The zero-order valence-electron chi connectivity index (χ0n) is 19.0. The average Bonchev–Trinajstić information content (AvgIpc) is 3.11. The molecule has 0 saturated carbocycles. The molecule has 0 amide bonds. The lowest BCUT2D eigenvalue weighted by molar-refractivity contribution is -0.170. The summed E-state index contributed by atoms with van der Waals surface area (Å²) in [6.07, 6.45) is 3.07. The van der Waals surface area contributed by atoms with Crippen molar-refractivity contribution in [1.82, 2.24) is 14.9 Å². The predicted octanol–water partition coefficient (Wildman–Crippen LogP) is 1.70. The van der Waals surface area contributed by atoms with E-state index in [4.69, 9.17) is 20.4 Å². The van der Waals surface area contributed by atoms with Crippen LogP contribution >= 0.6 is 23.1 Å². The predicted molar refractivity (Wildman–Crippen MR) is 126 cm³/mol. The lowest BCUT2D eigenvalue weighted by Crippen LogP contribution is -2.42. The first-order chi connectivity index (χ1) is 15.9. The lowest BCUT2D eigenvalue weighted by atomic mass is 9.96. The van der Waals surface area contributed by atoms with Crippen molar-refractivity contribution in [3.8, 4) is 0 Å². The Bertz CT molecular complexity index is 934. The van der Waals surface area contributed by atoms with Crippen molar-refractivity contribution in [3.63, 3.8) is 0 Å². The van der Waals surface area contributed by atoms with Gasteiger partial charge in [0.15, 0.2) is 10.8 Å². The number of carboxylic acids is 3. The fourth-order valence-corrected chi connectivity index (χ4v) is 4.09. The second-order valence-corrected chi connectivity index (χ2v) is 9.38. The molecule has 0 aliphatic carbocycles. The quantitative estimate of drug-likeness (QED) is 0.204. The zero-order valence-corrected chi connectivity index (χ0v) is 20.7. The van der Waals surface area contributed by atoms with Crippen LogP contribution in [0.15, 0.2) is 29.0 Å². The van der Waals surface area contributed by atoms with Crippen LogP contribution in [0, 0.1) is 6.92 Å². The van der Waals surface area contributed by atoms with Crippen LogP contribution in [-0.2, 0) is 27.5 Å². The van der Waals surface area contributed by atoms with E-state index in [2.05, 4.69) is 33.2 Å². The van der Waals surface area contributed by atoms with Gasteiger partial charge >= 0.3 is 17.9 Å². The lowest BCUT2D eigenvalue weighted by Gasteiger charge is -2.23. The van der Waals surface area contributed by atoms with Gasteiger partial charge in [-0.1, -0.05) is 11.8 Å². The Morgan fingerprint density at radius 3 is 2.06 bits per heavy atom. The van der Waals surface area contributed by atoms with Crippen molar-refractivity contribution in [1.29, 1.82) is 0 Å². The van der Waals surface area contributed by atoms with Crippen LogP contribution in [0.5, 0.6) is 0 Å². The SMILES string of the molecule is CSc1ncc(CN(Cc2sccc2C)CC(C)O)cn1.O=C(O)CC(O)(CC(=O)O)C(=O)O. The number of aromatic nitrogens is 2. The van der Waals surface area contributed by atoms with Crippen molar-refractivity contribution in [2.45, 2.75) is 56.6 Å².